The van der Waals surface area contributed by atoms with Gasteiger partial charge in [0.15, 0.2) is 5.13 Å². The average molecular weight is 438 g/mol. The largest absolute Gasteiger partial charge is 0.344 e. The lowest BCUT2D eigenvalue weighted by molar-refractivity contribution is -0.131. The third kappa shape index (κ3) is 3.75. The summed E-state index contributed by atoms with van der Waals surface area (Å²) >= 11 is 2.69. The molecule has 28 heavy (non-hydrogen) atoms. The van der Waals surface area contributed by atoms with Crippen LogP contribution in [-0.4, -0.2) is 73.3 Å². The van der Waals surface area contributed by atoms with Gasteiger partial charge in [-0.25, -0.2) is 18.4 Å². The SMILES string of the molecule is CN(CC(=O)N1CCN(c2nc3cccnc3s2)CC1)S(=O)(=O)c1cccs1. The minimum atomic E-state index is -3.62. The van der Waals surface area contributed by atoms with E-state index >= 15 is 0 Å². The van der Waals surface area contributed by atoms with E-state index in [9.17, 15) is 13.2 Å². The Morgan fingerprint density at radius 2 is 2.00 bits per heavy atom. The van der Waals surface area contributed by atoms with Gasteiger partial charge >= 0.3 is 0 Å². The number of hydrogen-bond donors (Lipinski definition) is 0. The van der Waals surface area contributed by atoms with Gasteiger partial charge < -0.3 is 9.80 Å². The van der Waals surface area contributed by atoms with E-state index in [1.54, 1.807) is 28.6 Å². The fourth-order valence-electron chi connectivity index (χ4n) is 2.98. The Balaban J connectivity index is 1.36. The maximum Gasteiger partial charge on any atom is 0.252 e. The van der Waals surface area contributed by atoms with E-state index in [0.717, 1.165) is 31.1 Å². The van der Waals surface area contributed by atoms with Crippen molar-refractivity contribution >= 4 is 54.1 Å². The normalized spacial score (nSPS) is 15.5. The Kier molecular flexibility index (Phi) is 5.32. The summed E-state index contributed by atoms with van der Waals surface area (Å²) in [6, 6.07) is 7.03. The Bertz CT molecular complexity index is 1040. The van der Waals surface area contributed by atoms with E-state index in [-0.39, 0.29) is 16.7 Å². The Morgan fingerprint density at radius 1 is 1.21 bits per heavy atom. The first-order chi connectivity index (χ1) is 13.4. The number of anilines is 1. The fourth-order valence-corrected chi connectivity index (χ4v) is 6.26. The molecule has 0 unspecified atom stereocenters. The molecule has 1 aliphatic heterocycles. The number of sulfonamides is 1. The topological polar surface area (TPSA) is 86.7 Å². The van der Waals surface area contributed by atoms with Crippen LogP contribution in [0, 0.1) is 0 Å². The molecule has 1 fully saturated rings. The molecule has 0 bridgehead atoms. The Hall–Kier alpha value is -2.08. The molecule has 0 spiro atoms. The molecule has 0 aromatic carbocycles. The van der Waals surface area contributed by atoms with Gasteiger partial charge in [0.05, 0.1) is 6.54 Å². The summed E-state index contributed by atoms with van der Waals surface area (Å²) in [6.45, 7) is 2.23. The van der Waals surface area contributed by atoms with Crippen LogP contribution in [0.2, 0.25) is 0 Å². The highest BCUT2D eigenvalue weighted by atomic mass is 32.2. The van der Waals surface area contributed by atoms with Crippen LogP contribution in [0.5, 0.6) is 0 Å². The smallest absolute Gasteiger partial charge is 0.252 e. The van der Waals surface area contributed by atoms with Gasteiger partial charge in [0, 0.05) is 39.4 Å². The van der Waals surface area contributed by atoms with Crippen LogP contribution >= 0.6 is 22.7 Å². The lowest BCUT2D eigenvalue weighted by Crippen LogP contribution is -2.51. The zero-order valence-electron chi connectivity index (χ0n) is 15.2. The minimum Gasteiger partial charge on any atom is -0.344 e. The molecule has 0 aliphatic carbocycles. The molecule has 3 aromatic heterocycles. The van der Waals surface area contributed by atoms with Crippen LogP contribution in [0.3, 0.4) is 0 Å². The summed E-state index contributed by atoms with van der Waals surface area (Å²) in [7, 11) is -2.18. The molecule has 1 saturated heterocycles. The number of aromatic nitrogens is 2. The number of amides is 1. The monoisotopic (exact) mass is 437 g/mol. The van der Waals surface area contributed by atoms with E-state index < -0.39 is 10.0 Å². The molecule has 0 N–H and O–H groups in total. The third-order valence-electron chi connectivity index (χ3n) is 4.58. The number of fused-ring (bicyclic) bond motifs is 1. The van der Waals surface area contributed by atoms with Crippen LogP contribution in [0.25, 0.3) is 10.3 Å². The summed E-state index contributed by atoms with van der Waals surface area (Å²) in [6.07, 6.45) is 1.75. The fraction of sp³-hybridized carbons (Fsp3) is 0.353. The number of pyridine rings is 1. The van der Waals surface area contributed by atoms with Crippen LogP contribution in [0.4, 0.5) is 5.13 Å². The van der Waals surface area contributed by atoms with Crippen molar-refractivity contribution in [2.75, 3.05) is 44.7 Å². The van der Waals surface area contributed by atoms with Crippen molar-refractivity contribution in [1.29, 1.82) is 0 Å². The second-order valence-corrected chi connectivity index (χ2v) is 10.6. The minimum absolute atomic E-state index is 0.161. The number of rotatable bonds is 5. The highest BCUT2D eigenvalue weighted by Gasteiger charge is 2.28. The van der Waals surface area contributed by atoms with Crippen molar-refractivity contribution in [3.63, 3.8) is 0 Å². The Morgan fingerprint density at radius 3 is 2.68 bits per heavy atom. The second kappa shape index (κ2) is 7.74. The molecule has 4 rings (SSSR count). The lowest BCUT2D eigenvalue weighted by atomic mass is 10.3. The molecular formula is C17H19N5O3S3. The molecular weight excluding hydrogens is 418 g/mol. The number of likely N-dealkylation sites (N-methyl/N-ethyl adjacent to an activating group) is 1. The molecule has 8 nitrogen and oxygen atoms in total. The van der Waals surface area contributed by atoms with Crippen molar-refractivity contribution in [3.05, 3.63) is 35.8 Å². The number of nitrogens with zero attached hydrogens (tertiary/aromatic N) is 5. The van der Waals surface area contributed by atoms with Gasteiger partial charge in [0.1, 0.15) is 14.6 Å². The second-order valence-electron chi connectivity index (χ2n) is 6.39. The van der Waals surface area contributed by atoms with Gasteiger partial charge in [0.25, 0.3) is 10.0 Å². The number of thiophene rings is 1. The van der Waals surface area contributed by atoms with Gasteiger partial charge in [-0.05, 0) is 23.6 Å². The molecule has 4 heterocycles. The van der Waals surface area contributed by atoms with E-state index in [4.69, 9.17) is 0 Å². The molecule has 1 amide bonds. The standard InChI is InChI=1S/C17H19N5O3S3/c1-20(28(24,25)15-5-3-11-26-15)12-14(23)21-7-9-22(10-8-21)17-19-13-4-2-6-18-16(13)27-17/h2-6,11H,7-10,12H2,1H3. The maximum atomic E-state index is 12.6. The van der Waals surface area contributed by atoms with E-state index in [1.165, 1.54) is 18.4 Å². The molecule has 3 aromatic rings. The molecule has 0 saturated carbocycles. The van der Waals surface area contributed by atoms with Crippen molar-refractivity contribution in [2.24, 2.45) is 0 Å². The maximum absolute atomic E-state index is 12.6. The van der Waals surface area contributed by atoms with Gasteiger partial charge in [-0.15, -0.1) is 11.3 Å². The van der Waals surface area contributed by atoms with Crippen LogP contribution < -0.4 is 4.90 Å². The summed E-state index contributed by atoms with van der Waals surface area (Å²) < 4.78 is 26.3. The van der Waals surface area contributed by atoms with Gasteiger partial charge in [-0.3, -0.25) is 4.79 Å². The first kappa shape index (κ1) is 19.2. The number of carbonyl (C=O) groups excluding carboxylic acids is 1. The summed E-state index contributed by atoms with van der Waals surface area (Å²) in [5.41, 5.74) is 0.876. The van der Waals surface area contributed by atoms with Crippen LogP contribution in [-0.2, 0) is 14.8 Å². The first-order valence-electron chi connectivity index (χ1n) is 8.69. The number of hydrogen-bond acceptors (Lipinski definition) is 8. The van der Waals surface area contributed by atoms with E-state index in [2.05, 4.69) is 14.9 Å². The van der Waals surface area contributed by atoms with Gasteiger partial charge in [-0.2, -0.15) is 4.31 Å². The molecule has 0 radical (unpaired) electrons. The highest BCUT2D eigenvalue weighted by molar-refractivity contribution is 7.91. The lowest BCUT2D eigenvalue weighted by Gasteiger charge is -2.35. The van der Waals surface area contributed by atoms with Gasteiger partial charge in [0.2, 0.25) is 5.91 Å². The number of carbonyl (C=O) groups is 1. The molecule has 11 heteroatoms. The highest BCUT2D eigenvalue weighted by Crippen LogP contribution is 2.27. The third-order valence-corrected chi connectivity index (χ3v) is 8.79. The van der Waals surface area contributed by atoms with Crippen LogP contribution in [0.1, 0.15) is 0 Å². The average Bonchev–Trinajstić information content (AvgIpc) is 3.38. The zero-order valence-corrected chi connectivity index (χ0v) is 17.6. The zero-order chi connectivity index (χ0) is 19.7. The van der Waals surface area contributed by atoms with Crippen molar-refractivity contribution in [1.82, 2.24) is 19.2 Å². The molecule has 1 aliphatic rings. The van der Waals surface area contributed by atoms with Crippen LogP contribution in [0.15, 0.2) is 40.1 Å². The summed E-state index contributed by atoms with van der Waals surface area (Å²) in [5.74, 6) is -0.187. The quantitative estimate of drug-likeness (QED) is 0.604. The number of piperazine rings is 1. The number of thiazole rings is 1. The summed E-state index contributed by atoms with van der Waals surface area (Å²) in [5, 5.41) is 2.61. The van der Waals surface area contributed by atoms with E-state index in [1.807, 2.05) is 12.1 Å². The van der Waals surface area contributed by atoms with Crippen molar-refractivity contribution in [2.45, 2.75) is 4.21 Å². The molecule has 148 valence electrons. The van der Waals surface area contributed by atoms with Gasteiger partial charge in [-0.1, -0.05) is 17.4 Å². The van der Waals surface area contributed by atoms with E-state index in [0.29, 0.717) is 26.2 Å². The first-order valence-corrected chi connectivity index (χ1v) is 11.8. The Labute approximate surface area is 171 Å². The van der Waals surface area contributed by atoms with Crippen molar-refractivity contribution in [3.8, 4) is 0 Å². The predicted molar refractivity (Wildman–Crippen MR) is 110 cm³/mol. The van der Waals surface area contributed by atoms with Crippen molar-refractivity contribution < 1.29 is 13.2 Å². The predicted octanol–water partition coefficient (Wildman–Crippen LogP) is 1.72. The summed E-state index contributed by atoms with van der Waals surface area (Å²) in [4.78, 5) is 26.3. The molecule has 0 atom stereocenters.